The highest BCUT2D eigenvalue weighted by Gasteiger charge is 2.43. The number of rotatable bonds is 7. The molecule has 1 atom stereocenters. The largest absolute Gasteiger partial charge is 0.350 e. The summed E-state index contributed by atoms with van der Waals surface area (Å²) in [6.07, 6.45) is 1.53. The maximum absolute atomic E-state index is 14.7. The molecule has 1 saturated carbocycles. The summed E-state index contributed by atoms with van der Waals surface area (Å²) in [5.74, 6) is -1.37. The Hall–Kier alpha value is -3.13. The number of nitrogens with zero attached hydrogens (tertiary/aromatic N) is 3. The monoisotopic (exact) mass is 410 g/mol. The van der Waals surface area contributed by atoms with Crippen molar-refractivity contribution in [3.63, 3.8) is 0 Å². The van der Waals surface area contributed by atoms with Crippen LogP contribution >= 0.6 is 11.5 Å². The van der Waals surface area contributed by atoms with Crippen molar-refractivity contribution in [2.75, 3.05) is 0 Å². The molecule has 1 fully saturated rings. The minimum Gasteiger partial charge on any atom is -0.350 e. The Morgan fingerprint density at radius 3 is 2.52 bits per heavy atom. The highest BCUT2D eigenvalue weighted by molar-refractivity contribution is 7.03. The Balaban J connectivity index is 1.66. The fourth-order valence-corrected chi connectivity index (χ4v) is 3.66. The van der Waals surface area contributed by atoms with Crippen molar-refractivity contribution in [1.29, 1.82) is 0 Å². The maximum Gasteiger partial charge on any atom is 0.276 e. The van der Waals surface area contributed by atoms with Gasteiger partial charge < -0.3 is 10.2 Å². The highest BCUT2D eigenvalue weighted by atomic mass is 32.1. The van der Waals surface area contributed by atoms with Crippen LogP contribution in [0.25, 0.3) is 0 Å². The van der Waals surface area contributed by atoms with Crippen LogP contribution in [0.5, 0.6) is 0 Å². The lowest BCUT2D eigenvalue weighted by atomic mass is 10.0. The van der Waals surface area contributed by atoms with E-state index in [1.54, 1.807) is 18.2 Å². The van der Waals surface area contributed by atoms with E-state index in [4.69, 9.17) is 0 Å². The minimum atomic E-state index is -1.08. The molecule has 0 aliphatic heterocycles. The lowest BCUT2D eigenvalue weighted by Crippen LogP contribution is -2.45. The van der Waals surface area contributed by atoms with Crippen LogP contribution < -0.4 is 5.32 Å². The summed E-state index contributed by atoms with van der Waals surface area (Å²) < 4.78 is 18.4. The summed E-state index contributed by atoms with van der Waals surface area (Å²) in [4.78, 5) is 27.8. The fourth-order valence-electron chi connectivity index (χ4n) is 3.23. The quantitative estimate of drug-likeness (QED) is 0.648. The van der Waals surface area contributed by atoms with Gasteiger partial charge in [0.1, 0.15) is 11.9 Å². The summed E-state index contributed by atoms with van der Waals surface area (Å²) in [6, 6.07) is 14.3. The summed E-state index contributed by atoms with van der Waals surface area (Å²) in [7, 11) is 0. The van der Waals surface area contributed by atoms with Gasteiger partial charge in [-0.1, -0.05) is 53.0 Å². The highest BCUT2D eigenvalue weighted by Crippen LogP contribution is 2.36. The molecule has 1 unspecified atom stereocenters. The van der Waals surface area contributed by atoms with Crippen LogP contribution in [-0.4, -0.2) is 32.3 Å². The molecule has 6 nitrogen and oxygen atoms in total. The topological polar surface area (TPSA) is 75.2 Å². The van der Waals surface area contributed by atoms with Crippen molar-refractivity contribution in [3.05, 3.63) is 82.6 Å². The van der Waals surface area contributed by atoms with Gasteiger partial charge in [-0.2, -0.15) is 0 Å². The molecule has 1 N–H and O–H groups in total. The van der Waals surface area contributed by atoms with Gasteiger partial charge in [-0.05, 0) is 36.0 Å². The summed E-state index contributed by atoms with van der Waals surface area (Å²) in [5, 5.41) is 8.25. The molecule has 0 saturated heterocycles. The molecule has 8 heteroatoms. The Kier molecular flexibility index (Phi) is 5.62. The van der Waals surface area contributed by atoms with Crippen LogP contribution in [0.4, 0.5) is 4.39 Å². The molecule has 0 radical (unpaired) electrons. The third-order valence-electron chi connectivity index (χ3n) is 4.79. The van der Waals surface area contributed by atoms with Crippen molar-refractivity contribution >= 4 is 23.3 Å². The van der Waals surface area contributed by atoms with Gasteiger partial charge in [0, 0.05) is 23.5 Å². The molecule has 1 aliphatic rings. The van der Waals surface area contributed by atoms with Gasteiger partial charge in [-0.15, -0.1) is 5.10 Å². The molecular formula is C21H19FN4O2S. The fraction of sp³-hybridized carbons (Fsp3) is 0.238. The lowest BCUT2D eigenvalue weighted by Gasteiger charge is -2.31. The Bertz CT molecular complexity index is 993. The summed E-state index contributed by atoms with van der Waals surface area (Å²) >= 11 is 1.06. The molecule has 0 spiro atoms. The first-order chi connectivity index (χ1) is 14.1. The van der Waals surface area contributed by atoms with E-state index >= 15 is 0 Å². The predicted octanol–water partition coefficient (Wildman–Crippen LogP) is 3.34. The van der Waals surface area contributed by atoms with E-state index in [9.17, 15) is 14.0 Å². The first-order valence-electron chi connectivity index (χ1n) is 9.31. The maximum atomic E-state index is 14.7. The number of hydrogen-bond donors (Lipinski definition) is 1. The van der Waals surface area contributed by atoms with Crippen molar-refractivity contribution in [2.24, 2.45) is 0 Å². The van der Waals surface area contributed by atoms with E-state index in [0.29, 0.717) is 0 Å². The van der Waals surface area contributed by atoms with Gasteiger partial charge in [0.05, 0.1) is 0 Å². The SMILES string of the molecule is O=C(NCc1ccccc1)C(c1ccccc1F)N(C(=O)c1csnn1)C1CC1. The minimum absolute atomic E-state index is 0.128. The van der Waals surface area contributed by atoms with E-state index in [1.165, 1.54) is 16.3 Å². The summed E-state index contributed by atoms with van der Waals surface area (Å²) in [6.45, 7) is 0.287. The molecule has 2 aromatic carbocycles. The Labute approximate surface area is 171 Å². The third kappa shape index (κ3) is 4.32. The molecule has 1 heterocycles. The molecule has 3 aromatic rings. The van der Waals surface area contributed by atoms with Crippen LogP contribution in [0.1, 0.15) is 40.5 Å². The zero-order valence-electron chi connectivity index (χ0n) is 15.5. The Morgan fingerprint density at radius 2 is 1.86 bits per heavy atom. The molecule has 2 amide bonds. The standard InChI is InChI=1S/C21H19FN4O2S/c22-17-9-5-4-8-16(17)19(20(27)23-12-14-6-2-1-3-7-14)26(15-10-11-15)21(28)18-13-29-25-24-18/h1-9,13,15,19H,10-12H2,(H,23,27). The van der Waals surface area contributed by atoms with E-state index in [-0.39, 0.29) is 23.8 Å². The van der Waals surface area contributed by atoms with Crippen molar-refractivity contribution in [2.45, 2.75) is 31.5 Å². The van der Waals surface area contributed by atoms with E-state index in [0.717, 1.165) is 29.9 Å². The van der Waals surface area contributed by atoms with Gasteiger partial charge in [-0.3, -0.25) is 9.59 Å². The number of benzene rings is 2. The predicted molar refractivity (Wildman–Crippen MR) is 107 cm³/mol. The zero-order chi connectivity index (χ0) is 20.2. The van der Waals surface area contributed by atoms with Crippen LogP contribution in [0.2, 0.25) is 0 Å². The molecule has 1 aromatic heterocycles. The molecule has 148 valence electrons. The molecule has 1 aliphatic carbocycles. The van der Waals surface area contributed by atoms with E-state index in [2.05, 4.69) is 14.9 Å². The average Bonchev–Trinajstić information content (AvgIpc) is 3.43. The van der Waals surface area contributed by atoms with Gasteiger partial charge in [0.15, 0.2) is 5.69 Å². The number of carbonyl (C=O) groups is 2. The number of halogens is 1. The molecule has 4 rings (SSSR count). The van der Waals surface area contributed by atoms with Gasteiger partial charge in [-0.25, -0.2) is 4.39 Å². The third-order valence-corrected chi connectivity index (χ3v) is 5.29. The van der Waals surface area contributed by atoms with Crippen molar-refractivity contribution in [1.82, 2.24) is 19.8 Å². The average molecular weight is 410 g/mol. The van der Waals surface area contributed by atoms with E-state index < -0.39 is 23.7 Å². The van der Waals surface area contributed by atoms with E-state index in [1.807, 2.05) is 30.3 Å². The second-order valence-electron chi connectivity index (χ2n) is 6.86. The van der Waals surface area contributed by atoms with Crippen LogP contribution in [0.15, 0.2) is 60.0 Å². The number of carbonyl (C=O) groups excluding carboxylic acids is 2. The number of nitrogens with one attached hydrogen (secondary N) is 1. The smallest absolute Gasteiger partial charge is 0.276 e. The first-order valence-corrected chi connectivity index (χ1v) is 10.1. The van der Waals surface area contributed by atoms with Crippen molar-refractivity contribution < 1.29 is 14.0 Å². The van der Waals surface area contributed by atoms with Crippen LogP contribution in [0.3, 0.4) is 0 Å². The number of hydrogen-bond acceptors (Lipinski definition) is 5. The number of aromatic nitrogens is 2. The lowest BCUT2D eigenvalue weighted by molar-refractivity contribution is -0.126. The first kappa shape index (κ1) is 19.2. The number of amides is 2. The molecule has 29 heavy (non-hydrogen) atoms. The molecule has 0 bridgehead atoms. The van der Waals surface area contributed by atoms with Gasteiger partial charge in [0.2, 0.25) is 5.91 Å². The summed E-state index contributed by atoms with van der Waals surface area (Å²) in [5.41, 5.74) is 1.25. The normalized spacial score (nSPS) is 14.2. The Morgan fingerprint density at radius 1 is 1.14 bits per heavy atom. The second-order valence-corrected chi connectivity index (χ2v) is 7.47. The van der Waals surface area contributed by atoms with Crippen molar-refractivity contribution in [3.8, 4) is 0 Å². The van der Waals surface area contributed by atoms with Crippen LogP contribution in [-0.2, 0) is 11.3 Å². The second kappa shape index (κ2) is 8.48. The van der Waals surface area contributed by atoms with Gasteiger partial charge >= 0.3 is 0 Å². The van der Waals surface area contributed by atoms with Crippen LogP contribution in [0, 0.1) is 5.82 Å². The van der Waals surface area contributed by atoms with Gasteiger partial charge in [0.25, 0.3) is 5.91 Å². The zero-order valence-corrected chi connectivity index (χ0v) is 16.3. The molecular weight excluding hydrogens is 391 g/mol.